The van der Waals surface area contributed by atoms with E-state index in [2.05, 4.69) is 26.1 Å². The maximum absolute atomic E-state index is 12.1. The van der Waals surface area contributed by atoms with Crippen molar-refractivity contribution in [2.24, 2.45) is 0 Å². The molecular formula is C19H25ClN2O2. The van der Waals surface area contributed by atoms with Crippen LogP contribution in [0.3, 0.4) is 0 Å². The van der Waals surface area contributed by atoms with Crippen molar-refractivity contribution >= 4 is 24.0 Å². The van der Waals surface area contributed by atoms with Gasteiger partial charge in [0.25, 0.3) is 5.91 Å². The summed E-state index contributed by atoms with van der Waals surface area (Å²) in [5.41, 5.74) is 8.67. The molecule has 1 amide bonds. The smallest absolute Gasteiger partial charge is 0.253 e. The molecule has 5 heteroatoms. The van der Waals surface area contributed by atoms with Crippen LogP contribution in [0, 0.1) is 0 Å². The van der Waals surface area contributed by atoms with E-state index in [9.17, 15) is 9.90 Å². The van der Waals surface area contributed by atoms with E-state index < -0.39 is 6.10 Å². The molecule has 0 saturated heterocycles. The van der Waals surface area contributed by atoms with Crippen molar-refractivity contribution in [2.45, 2.75) is 32.3 Å². The molecule has 4 N–H and O–H groups in total. The molecule has 130 valence electrons. The Morgan fingerprint density at radius 1 is 1.12 bits per heavy atom. The monoisotopic (exact) mass is 348 g/mol. The van der Waals surface area contributed by atoms with E-state index in [1.165, 1.54) is 5.56 Å². The Kier molecular flexibility index (Phi) is 6.81. The number of anilines is 1. The van der Waals surface area contributed by atoms with Gasteiger partial charge in [-0.2, -0.15) is 0 Å². The van der Waals surface area contributed by atoms with E-state index in [-0.39, 0.29) is 30.3 Å². The normalized spacial score (nSPS) is 12.2. The minimum atomic E-state index is -0.752. The fraction of sp³-hybridized carbons (Fsp3) is 0.316. The predicted molar refractivity (Wildman–Crippen MR) is 101 cm³/mol. The Hall–Kier alpha value is -2.04. The average molecular weight is 349 g/mol. The maximum atomic E-state index is 12.1. The van der Waals surface area contributed by atoms with Crippen LogP contribution in [0.2, 0.25) is 0 Å². The van der Waals surface area contributed by atoms with Gasteiger partial charge in [0.1, 0.15) is 0 Å². The van der Waals surface area contributed by atoms with Crippen molar-refractivity contribution < 1.29 is 9.90 Å². The Morgan fingerprint density at radius 3 is 2.25 bits per heavy atom. The van der Waals surface area contributed by atoms with E-state index in [4.69, 9.17) is 5.73 Å². The molecule has 0 fully saturated rings. The number of carbonyl (C=O) groups excluding carboxylic acids is 1. The molecule has 0 aliphatic rings. The number of para-hydroxylation sites is 1. The standard InChI is InChI=1S/C19H24N2O2.ClH/c1-19(2,3)14-10-8-13(9-11-14)17(22)12-21-18(23)15-6-4-5-7-16(15)20;/h4-11,17,22H,12,20H2,1-3H3,(H,21,23);1H. The number of rotatable bonds is 4. The molecule has 0 spiro atoms. The number of benzene rings is 2. The number of carbonyl (C=O) groups is 1. The lowest BCUT2D eigenvalue weighted by atomic mass is 9.86. The molecule has 2 rings (SSSR count). The lowest BCUT2D eigenvalue weighted by Gasteiger charge is -2.20. The lowest BCUT2D eigenvalue weighted by molar-refractivity contribution is 0.0917. The summed E-state index contributed by atoms with van der Waals surface area (Å²) >= 11 is 0. The molecule has 24 heavy (non-hydrogen) atoms. The van der Waals surface area contributed by atoms with Crippen LogP contribution in [-0.4, -0.2) is 17.6 Å². The molecule has 2 aromatic rings. The number of nitrogens with two attached hydrogens (primary N) is 1. The van der Waals surface area contributed by atoms with Crippen LogP contribution in [0.4, 0.5) is 5.69 Å². The van der Waals surface area contributed by atoms with Crippen LogP contribution in [0.1, 0.15) is 48.4 Å². The number of nitrogens with one attached hydrogen (secondary N) is 1. The minimum absolute atomic E-state index is 0. The summed E-state index contributed by atoms with van der Waals surface area (Å²) in [6, 6.07) is 14.7. The number of halogens is 1. The molecule has 1 unspecified atom stereocenters. The molecule has 0 aliphatic carbocycles. The highest BCUT2D eigenvalue weighted by Gasteiger charge is 2.15. The summed E-state index contributed by atoms with van der Waals surface area (Å²) in [6.07, 6.45) is -0.752. The summed E-state index contributed by atoms with van der Waals surface area (Å²) < 4.78 is 0. The van der Waals surface area contributed by atoms with Gasteiger partial charge in [-0.05, 0) is 28.7 Å². The lowest BCUT2D eigenvalue weighted by Crippen LogP contribution is -2.29. The number of aliphatic hydroxyl groups is 1. The summed E-state index contributed by atoms with van der Waals surface area (Å²) in [4.78, 5) is 12.1. The van der Waals surface area contributed by atoms with Gasteiger partial charge in [-0.1, -0.05) is 57.2 Å². The van der Waals surface area contributed by atoms with Crippen molar-refractivity contribution in [3.05, 3.63) is 65.2 Å². The topological polar surface area (TPSA) is 75.3 Å². The summed E-state index contributed by atoms with van der Waals surface area (Å²) in [5.74, 6) is -0.284. The fourth-order valence-electron chi connectivity index (χ4n) is 2.31. The first kappa shape index (κ1) is 20.0. The van der Waals surface area contributed by atoms with Gasteiger partial charge in [0.05, 0.1) is 11.7 Å². The molecule has 0 saturated carbocycles. The van der Waals surface area contributed by atoms with Gasteiger partial charge in [0.2, 0.25) is 0 Å². The largest absolute Gasteiger partial charge is 0.398 e. The molecule has 0 aromatic heterocycles. The zero-order chi connectivity index (χ0) is 17.0. The third-order valence-electron chi connectivity index (χ3n) is 3.82. The first-order chi connectivity index (χ1) is 10.8. The zero-order valence-electron chi connectivity index (χ0n) is 14.2. The summed E-state index contributed by atoms with van der Waals surface area (Å²) in [7, 11) is 0. The highest BCUT2D eigenvalue weighted by molar-refractivity contribution is 5.99. The van der Waals surface area contributed by atoms with Crippen LogP contribution in [0.25, 0.3) is 0 Å². The zero-order valence-corrected chi connectivity index (χ0v) is 15.1. The highest BCUT2D eigenvalue weighted by atomic mass is 35.5. The van der Waals surface area contributed by atoms with Gasteiger partial charge in [0.15, 0.2) is 0 Å². The molecule has 1 atom stereocenters. The summed E-state index contributed by atoms with van der Waals surface area (Å²) in [6.45, 7) is 6.57. The number of hydrogen-bond donors (Lipinski definition) is 3. The Labute approximate surface area is 149 Å². The highest BCUT2D eigenvalue weighted by Crippen LogP contribution is 2.23. The second-order valence-corrected chi connectivity index (χ2v) is 6.69. The van der Waals surface area contributed by atoms with Crippen molar-refractivity contribution in [3.63, 3.8) is 0 Å². The quantitative estimate of drug-likeness (QED) is 0.741. The van der Waals surface area contributed by atoms with Crippen molar-refractivity contribution in [1.82, 2.24) is 5.32 Å². The van der Waals surface area contributed by atoms with Crippen molar-refractivity contribution in [1.29, 1.82) is 0 Å². The minimum Gasteiger partial charge on any atom is -0.398 e. The average Bonchev–Trinajstić information content (AvgIpc) is 2.52. The van der Waals surface area contributed by atoms with E-state index in [1.54, 1.807) is 24.3 Å². The fourth-order valence-corrected chi connectivity index (χ4v) is 2.31. The summed E-state index contributed by atoms with van der Waals surface area (Å²) in [5, 5.41) is 12.9. The number of amides is 1. The van der Waals surface area contributed by atoms with E-state index in [0.717, 1.165) is 5.56 Å². The second kappa shape index (κ2) is 8.18. The van der Waals surface area contributed by atoms with Crippen LogP contribution >= 0.6 is 12.4 Å². The van der Waals surface area contributed by atoms with Gasteiger partial charge in [-0.3, -0.25) is 4.79 Å². The molecular weight excluding hydrogens is 324 g/mol. The van der Waals surface area contributed by atoms with Gasteiger partial charge in [-0.25, -0.2) is 0 Å². The van der Waals surface area contributed by atoms with E-state index in [0.29, 0.717) is 11.3 Å². The van der Waals surface area contributed by atoms with Crippen molar-refractivity contribution in [2.75, 3.05) is 12.3 Å². The number of aliphatic hydroxyl groups excluding tert-OH is 1. The van der Waals surface area contributed by atoms with Gasteiger partial charge in [-0.15, -0.1) is 12.4 Å². The molecule has 2 aromatic carbocycles. The molecule has 0 aliphatic heterocycles. The Morgan fingerprint density at radius 2 is 1.71 bits per heavy atom. The third-order valence-corrected chi connectivity index (χ3v) is 3.82. The Bertz CT molecular complexity index is 679. The van der Waals surface area contributed by atoms with Gasteiger partial charge in [0, 0.05) is 12.2 Å². The van der Waals surface area contributed by atoms with Crippen LogP contribution < -0.4 is 11.1 Å². The van der Waals surface area contributed by atoms with Gasteiger partial charge >= 0.3 is 0 Å². The predicted octanol–water partition coefficient (Wildman–Crippen LogP) is 3.45. The molecule has 0 radical (unpaired) electrons. The van der Waals surface area contributed by atoms with E-state index >= 15 is 0 Å². The maximum Gasteiger partial charge on any atom is 0.253 e. The third kappa shape index (κ3) is 4.98. The van der Waals surface area contributed by atoms with Crippen LogP contribution in [-0.2, 0) is 5.41 Å². The van der Waals surface area contributed by atoms with E-state index in [1.807, 2.05) is 24.3 Å². The van der Waals surface area contributed by atoms with Crippen molar-refractivity contribution in [3.8, 4) is 0 Å². The van der Waals surface area contributed by atoms with Crippen LogP contribution in [0.5, 0.6) is 0 Å². The van der Waals surface area contributed by atoms with Gasteiger partial charge < -0.3 is 16.2 Å². The second-order valence-electron chi connectivity index (χ2n) is 6.69. The molecule has 0 heterocycles. The first-order valence-corrected chi connectivity index (χ1v) is 7.70. The first-order valence-electron chi connectivity index (χ1n) is 7.70. The number of nitrogen functional groups attached to an aromatic ring is 1. The molecule has 0 bridgehead atoms. The molecule has 4 nitrogen and oxygen atoms in total. The Balaban J connectivity index is 0.00000288. The SMILES string of the molecule is CC(C)(C)c1ccc(C(O)CNC(=O)c2ccccc2N)cc1.Cl. The van der Waals surface area contributed by atoms with Crippen LogP contribution in [0.15, 0.2) is 48.5 Å². The number of hydrogen-bond acceptors (Lipinski definition) is 3.